The van der Waals surface area contributed by atoms with Crippen LogP contribution in [0.25, 0.3) is 66.8 Å². The largest absolute Gasteiger partial charge is 0.495 e. The number of anilines is 5. The molecule has 0 spiro atoms. The number of morpholine rings is 2. The number of halogens is 5. The number of benzene rings is 2. The van der Waals surface area contributed by atoms with Crippen molar-refractivity contribution in [2.75, 3.05) is 87.7 Å². The van der Waals surface area contributed by atoms with Crippen LogP contribution in [0.15, 0.2) is 122 Å². The molecule has 23 heteroatoms. The van der Waals surface area contributed by atoms with Crippen LogP contribution in [0, 0.1) is 37.1 Å². The smallest absolute Gasteiger partial charge is 0.227 e. The lowest BCUT2D eigenvalue weighted by Gasteiger charge is -2.27. The highest BCUT2D eigenvalue weighted by Crippen LogP contribution is 2.40. The molecule has 81 heavy (non-hydrogen) atoms. The van der Waals surface area contributed by atoms with Gasteiger partial charge in [-0.05, 0) is 55.8 Å². The van der Waals surface area contributed by atoms with Gasteiger partial charge >= 0.3 is 0 Å². The Labute approximate surface area is 467 Å². The van der Waals surface area contributed by atoms with Gasteiger partial charge in [0.25, 0.3) is 0 Å². The minimum absolute atomic E-state index is 0.130. The van der Waals surface area contributed by atoms with Crippen molar-refractivity contribution < 1.29 is 36.5 Å². The summed E-state index contributed by atoms with van der Waals surface area (Å²) < 4.78 is 78.3. The average Bonchev–Trinajstić information content (AvgIpc) is 3.66. The molecule has 412 valence electrons. The van der Waals surface area contributed by atoms with Crippen LogP contribution < -0.4 is 30.3 Å². The number of nitrogen functional groups attached to an aromatic ring is 1. The molecule has 18 nitrogen and oxygen atoms in total. The standard InChI is InChI=1S/C29H25F2N7O2.C15H9ClF2N2.C14H17N5O2/c1-17-26(23-5-3-4-6-33-23)35-24-13-19(30)12-22(31)25(24)27(17)36-28-21(18-11-20(39-2)15-32-14-18)16-34-29(37-28)38-7-9-40-10-8-38;1-8-14(16)13-10(18)6-9(17)7-12(13)20-15(8)11-4-2-3-5-19-11;1-20-11-6-10(7-16-8-11)12-9-17-14(18-13(12)15)19-2-4-21-5-3-19/h3-6,11-16H,7-10H2,1-2H3,(H,34,35,36,37);2-7H,1H3;6-9H,2-5H2,1H3,(H2,15,17,18). The second-order valence-electron chi connectivity index (χ2n) is 18.3. The van der Waals surface area contributed by atoms with Crippen molar-refractivity contribution >= 4 is 62.6 Å². The van der Waals surface area contributed by atoms with E-state index in [0.29, 0.717) is 125 Å². The summed E-state index contributed by atoms with van der Waals surface area (Å²) in [6.07, 6.45) is 13.3. The van der Waals surface area contributed by atoms with Gasteiger partial charge in [-0.3, -0.25) is 19.9 Å². The van der Waals surface area contributed by atoms with Crippen molar-refractivity contribution in [2.45, 2.75) is 13.8 Å². The number of hydrogen-bond donors (Lipinski definition) is 2. The summed E-state index contributed by atoms with van der Waals surface area (Å²) in [5, 5.41) is 3.86. The second kappa shape index (κ2) is 24.8. The van der Waals surface area contributed by atoms with E-state index in [1.807, 2.05) is 36.1 Å². The van der Waals surface area contributed by atoms with Crippen molar-refractivity contribution in [2.24, 2.45) is 0 Å². The highest BCUT2D eigenvalue weighted by atomic mass is 35.5. The third-order valence-electron chi connectivity index (χ3n) is 13.2. The van der Waals surface area contributed by atoms with E-state index < -0.39 is 23.3 Å². The third kappa shape index (κ3) is 12.3. The number of nitrogens with two attached hydrogens (primary N) is 1. The third-order valence-corrected chi connectivity index (χ3v) is 13.6. The molecule has 0 unspecified atom stereocenters. The Morgan fingerprint density at radius 1 is 0.568 bits per heavy atom. The molecule has 2 aromatic carbocycles. The Kier molecular flexibility index (Phi) is 16.9. The Bertz CT molecular complexity index is 3880. The molecule has 3 N–H and O–H groups in total. The molecule has 10 heterocycles. The summed E-state index contributed by atoms with van der Waals surface area (Å²) >= 11 is 6.21. The highest BCUT2D eigenvalue weighted by Gasteiger charge is 2.24. The maximum atomic E-state index is 15.4. The van der Waals surface area contributed by atoms with Gasteiger partial charge in [-0.1, -0.05) is 23.7 Å². The number of nitrogens with zero attached hydrogens (tertiary/aromatic N) is 12. The zero-order chi connectivity index (χ0) is 56.6. The fourth-order valence-corrected chi connectivity index (χ4v) is 9.30. The Morgan fingerprint density at radius 2 is 1.06 bits per heavy atom. The van der Waals surface area contributed by atoms with Crippen LogP contribution in [-0.4, -0.2) is 117 Å². The van der Waals surface area contributed by atoms with E-state index in [1.165, 1.54) is 6.07 Å². The van der Waals surface area contributed by atoms with Gasteiger partial charge in [0.05, 0.1) is 108 Å². The van der Waals surface area contributed by atoms with Crippen LogP contribution in [-0.2, 0) is 9.47 Å². The molecule has 2 fully saturated rings. The van der Waals surface area contributed by atoms with Crippen LogP contribution >= 0.6 is 11.6 Å². The van der Waals surface area contributed by atoms with Gasteiger partial charge < -0.3 is 39.8 Å². The molecule has 2 aliphatic rings. The molecule has 2 saturated heterocycles. The maximum Gasteiger partial charge on any atom is 0.227 e. The molecular weight excluding hydrogens is 1070 g/mol. The molecular formula is C58H51ClF4N14O4. The molecule has 0 atom stereocenters. The van der Waals surface area contributed by atoms with Gasteiger partial charge in [-0.25, -0.2) is 37.5 Å². The first-order valence-corrected chi connectivity index (χ1v) is 25.7. The van der Waals surface area contributed by atoms with Crippen LogP contribution in [0.3, 0.4) is 0 Å². The fourth-order valence-electron chi connectivity index (χ4n) is 9.02. The predicted octanol–water partition coefficient (Wildman–Crippen LogP) is 10.8. The number of nitrogens with one attached hydrogen (secondary N) is 1. The lowest BCUT2D eigenvalue weighted by molar-refractivity contribution is 0.122. The number of methoxy groups -OCH3 is 2. The summed E-state index contributed by atoms with van der Waals surface area (Å²) in [4.78, 5) is 48.3. The monoisotopic (exact) mass is 1120 g/mol. The van der Waals surface area contributed by atoms with Crippen LogP contribution in [0.5, 0.6) is 11.5 Å². The van der Waals surface area contributed by atoms with Gasteiger partial charge in [0.15, 0.2) is 0 Å². The number of ether oxygens (including phenoxy) is 4. The molecule has 8 aromatic heterocycles. The molecule has 0 amide bonds. The normalized spacial score (nSPS) is 13.2. The Hall–Kier alpha value is -9.25. The summed E-state index contributed by atoms with van der Waals surface area (Å²) in [6.45, 7) is 8.87. The molecule has 12 rings (SSSR count). The van der Waals surface area contributed by atoms with Crippen molar-refractivity contribution in [3.63, 3.8) is 0 Å². The summed E-state index contributed by atoms with van der Waals surface area (Å²) in [7, 11) is 3.16. The minimum atomic E-state index is -0.743. The van der Waals surface area contributed by atoms with E-state index >= 15 is 4.39 Å². The lowest BCUT2D eigenvalue weighted by atomic mass is 10.0. The number of pyridine rings is 6. The van der Waals surface area contributed by atoms with Crippen LogP contribution in [0.1, 0.15) is 11.1 Å². The zero-order valence-electron chi connectivity index (χ0n) is 44.2. The average molecular weight is 1120 g/mol. The first-order chi connectivity index (χ1) is 39.4. The van der Waals surface area contributed by atoms with E-state index in [2.05, 4.69) is 55.1 Å². The molecule has 0 saturated carbocycles. The number of hydrogen-bond acceptors (Lipinski definition) is 18. The molecule has 2 aliphatic heterocycles. The van der Waals surface area contributed by atoms with E-state index in [0.717, 1.165) is 42.4 Å². The topological polar surface area (TPSA) is 210 Å². The van der Waals surface area contributed by atoms with E-state index in [4.69, 9.17) is 41.3 Å². The lowest BCUT2D eigenvalue weighted by Crippen LogP contribution is -2.37. The number of aromatic nitrogens is 10. The number of fused-ring (bicyclic) bond motifs is 2. The number of rotatable bonds is 10. The van der Waals surface area contributed by atoms with Crippen molar-refractivity contribution in [3.8, 4) is 56.5 Å². The van der Waals surface area contributed by atoms with Crippen molar-refractivity contribution in [1.82, 2.24) is 49.8 Å². The highest BCUT2D eigenvalue weighted by molar-refractivity contribution is 6.36. The SMILES string of the molecule is COc1cncc(-c2cnc(N3CCOCC3)nc2N)c1.COc1cncc(-c2cnc(N3CCOCC3)nc2Nc2c(C)c(-c3ccccn3)nc3cc(F)cc(F)c23)c1.Cc1c(-c2ccccn2)nc2cc(F)cc(F)c2c1Cl. The fraction of sp³-hybridized carbons (Fsp3) is 0.207. The summed E-state index contributed by atoms with van der Waals surface area (Å²) in [5.74, 6) is 0.344. The van der Waals surface area contributed by atoms with E-state index in [9.17, 15) is 13.2 Å². The van der Waals surface area contributed by atoms with Crippen molar-refractivity contribution in [1.29, 1.82) is 0 Å². The summed E-state index contributed by atoms with van der Waals surface area (Å²) in [5.41, 5.74) is 13.1. The molecule has 0 bridgehead atoms. The van der Waals surface area contributed by atoms with Gasteiger partial charge in [0.2, 0.25) is 11.9 Å². The van der Waals surface area contributed by atoms with Gasteiger partial charge in [0, 0.05) is 115 Å². The van der Waals surface area contributed by atoms with Crippen molar-refractivity contribution in [3.05, 3.63) is 162 Å². The molecule has 10 aromatic rings. The predicted molar refractivity (Wildman–Crippen MR) is 302 cm³/mol. The zero-order valence-corrected chi connectivity index (χ0v) is 44.9. The van der Waals surface area contributed by atoms with E-state index in [-0.39, 0.29) is 26.8 Å². The molecule has 0 aliphatic carbocycles. The molecule has 0 radical (unpaired) electrons. The first kappa shape index (κ1) is 55.1. The van der Waals surface area contributed by atoms with E-state index in [1.54, 1.807) is 95.0 Å². The Balaban J connectivity index is 0.000000151. The summed E-state index contributed by atoms with van der Waals surface area (Å²) in [6, 6.07) is 18.5. The van der Waals surface area contributed by atoms with Crippen LogP contribution in [0.4, 0.5) is 46.8 Å². The Morgan fingerprint density at radius 3 is 1.58 bits per heavy atom. The minimum Gasteiger partial charge on any atom is -0.495 e. The van der Waals surface area contributed by atoms with Gasteiger partial charge in [-0.15, -0.1) is 0 Å². The second-order valence-corrected chi connectivity index (χ2v) is 18.7. The van der Waals surface area contributed by atoms with Gasteiger partial charge in [0.1, 0.15) is 46.4 Å². The maximum absolute atomic E-state index is 15.4. The van der Waals surface area contributed by atoms with Gasteiger partial charge in [-0.2, -0.15) is 9.97 Å². The quantitative estimate of drug-likeness (QED) is 0.122. The van der Waals surface area contributed by atoms with Crippen LogP contribution in [0.2, 0.25) is 5.02 Å². The first-order valence-electron chi connectivity index (χ1n) is 25.3.